The molecule has 12 heteroatoms. The minimum atomic E-state index is -1.13. The number of carboxylic acids is 1. The Kier molecular flexibility index (Phi) is 6.61. The van der Waals surface area contributed by atoms with Crippen LogP contribution in [-0.4, -0.2) is 93.4 Å². The van der Waals surface area contributed by atoms with Crippen LogP contribution >= 0.6 is 11.8 Å². The number of nitrogens with zero attached hydrogens (tertiary/aromatic N) is 2. The molecule has 0 bridgehead atoms. The predicted octanol–water partition coefficient (Wildman–Crippen LogP) is -1.06. The number of guanidine groups is 1. The van der Waals surface area contributed by atoms with Crippen molar-refractivity contribution < 1.29 is 24.6 Å². The van der Waals surface area contributed by atoms with E-state index in [1.54, 1.807) is 6.92 Å². The van der Waals surface area contributed by atoms with E-state index in [4.69, 9.17) is 11.1 Å². The van der Waals surface area contributed by atoms with Crippen molar-refractivity contribution in [2.45, 2.75) is 50.1 Å². The highest BCUT2D eigenvalue weighted by molar-refractivity contribution is 8.03. The molecule has 7 atom stereocenters. The fourth-order valence-electron chi connectivity index (χ4n) is 5.51. The van der Waals surface area contributed by atoms with Gasteiger partial charge in [-0.25, -0.2) is 4.79 Å². The van der Waals surface area contributed by atoms with Crippen molar-refractivity contribution in [1.29, 1.82) is 5.41 Å². The van der Waals surface area contributed by atoms with Crippen molar-refractivity contribution in [2.75, 3.05) is 26.2 Å². The molecule has 0 spiro atoms. The van der Waals surface area contributed by atoms with Crippen molar-refractivity contribution in [3.8, 4) is 0 Å². The monoisotopic (exact) mass is 480 g/mol. The summed E-state index contributed by atoms with van der Waals surface area (Å²) in [5, 5.41) is 33.2. The first-order chi connectivity index (χ1) is 15.6. The zero-order chi connectivity index (χ0) is 24.0. The molecule has 0 aromatic heterocycles. The number of carbonyl (C=O) groups excluding carboxylic acids is 2. The van der Waals surface area contributed by atoms with Gasteiger partial charge in [0.05, 0.1) is 24.1 Å². The van der Waals surface area contributed by atoms with Gasteiger partial charge in [-0.3, -0.25) is 15.0 Å². The summed E-state index contributed by atoms with van der Waals surface area (Å²) in [5.74, 6) is -2.00. The highest BCUT2D eigenvalue weighted by Gasteiger charge is 2.60. The summed E-state index contributed by atoms with van der Waals surface area (Å²) >= 11 is 1.44. The van der Waals surface area contributed by atoms with Crippen molar-refractivity contribution in [2.24, 2.45) is 23.5 Å². The molecule has 0 radical (unpaired) electrons. The SMILES string of the molecule is C[C@@H](O)[C@H]1C(=O)N2C(C(=O)O)=C(S[C@@H]3CN[C@H](C(=O)N4CC[C@@H](CNC(=N)N)C4)C3)[C@H](C)[C@H]12. The number of hydrogen-bond acceptors (Lipinski definition) is 7. The van der Waals surface area contributed by atoms with E-state index in [1.165, 1.54) is 16.7 Å². The first-order valence-electron chi connectivity index (χ1n) is 11.4. The van der Waals surface area contributed by atoms with Crippen LogP contribution in [0.2, 0.25) is 0 Å². The van der Waals surface area contributed by atoms with Crippen molar-refractivity contribution in [3.63, 3.8) is 0 Å². The van der Waals surface area contributed by atoms with Crippen LogP contribution in [0.5, 0.6) is 0 Å². The van der Waals surface area contributed by atoms with E-state index in [0.717, 1.165) is 6.42 Å². The molecule has 3 saturated heterocycles. The first kappa shape index (κ1) is 23.8. The maximum atomic E-state index is 13.0. The fourth-order valence-corrected chi connectivity index (χ4v) is 6.99. The molecule has 33 heavy (non-hydrogen) atoms. The van der Waals surface area contributed by atoms with E-state index < -0.39 is 18.0 Å². The standard InChI is InChI=1S/C21H32N6O5S/c1-9-15-14(10(2)28)19(30)27(15)16(20(31)32)17(9)33-12-5-13(24-7-12)18(29)26-4-3-11(8-26)6-25-21(22)23/h9-15,24,28H,3-8H2,1-2H3,(H,31,32)(H4,22,23,25)/t9-,10-,11+,12+,13+,14-,15-/m1/s1. The third kappa shape index (κ3) is 4.31. The summed E-state index contributed by atoms with van der Waals surface area (Å²) in [6, 6.07) is -0.653. The molecule has 0 aromatic carbocycles. The van der Waals surface area contributed by atoms with Gasteiger partial charge in [-0.2, -0.15) is 0 Å². The Morgan fingerprint density at radius 1 is 1.42 bits per heavy atom. The Bertz CT molecular complexity index is 894. The minimum absolute atomic E-state index is 0.0160. The molecular weight excluding hydrogens is 448 g/mol. The van der Waals surface area contributed by atoms with Crippen molar-refractivity contribution in [1.82, 2.24) is 20.4 Å². The van der Waals surface area contributed by atoms with E-state index in [9.17, 15) is 24.6 Å². The molecule has 4 heterocycles. The molecule has 0 aliphatic carbocycles. The molecule has 4 rings (SSSR count). The van der Waals surface area contributed by atoms with E-state index in [1.807, 2.05) is 11.8 Å². The summed E-state index contributed by atoms with van der Waals surface area (Å²) in [7, 11) is 0. The summed E-state index contributed by atoms with van der Waals surface area (Å²) in [4.78, 5) is 41.3. The molecule has 11 nitrogen and oxygen atoms in total. The molecule has 0 unspecified atom stereocenters. The van der Waals surface area contributed by atoms with Crippen LogP contribution in [0, 0.1) is 23.2 Å². The number of rotatable bonds is 7. The van der Waals surface area contributed by atoms with Crippen LogP contribution in [0.25, 0.3) is 0 Å². The van der Waals surface area contributed by atoms with Crippen molar-refractivity contribution in [3.05, 3.63) is 10.6 Å². The second kappa shape index (κ2) is 9.15. The van der Waals surface area contributed by atoms with Gasteiger partial charge in [0.15, 0.2) is 5.96 Å². The summed E-state index contributed by atoms with van der Waals surface area (Å²) in [5.41, 5.74) is 5.36. The van der Waals surface area contributed by atoms with Gasteiger partial charge in [-0.1, -0.05) is 6.92 Å². The van der Waals surface area contributed by atoms with Gasteiger partial charge in [0.1, 0.15) is 5.70 Å². The number of carbonyl (C=O) groups is 3. The third-order valence-electron chi connectivity index (χ3n) is 7.17. The van der Waals surface area contributed by atoms with Gasteiger partial charge in [-0.15, -0.1) is 11.8 Å². The molecule has 2 amide bonds. The number of fused-ring (bicyclic) bond motifs is 1. The van der Waals surface area contributed by atoms with Crippen molar-refractivity contribution >= 4 is 35.5 Å². The number of nitrogens with two attached hydrogens (primary N) is 1. The van der Waals surface area contributed by atoms with Gasteiger partial charge < -0.3 is 36.4 Å². The van der Waals surface area contributed by atoms with Gasteiger partial charge >= 0.3 is 5.97 Å². The van der Waals surface area contributed by atoms with Gasteiger partial charge in [0.25, 0.3) is 0 Å². The Morgan fingerprint density at radius 3 is 2.79 bits per heavy atom. The quantitative estimate of drug-likeness (QED) is 0.151. The lowest BCUT2D eigenvalue weighted by atomic mass is 9.79. The Morgan fingerprint density at radius 2 is 2.15 bits per heavy atom. The lowest BCUT2D eigenvalue weighted by Gasteiger charge is -2.46. The molecule has 4 aliphatic heterocycles. The molecule has 0 saturated carbocycles. The zero-order valence-corrected chi connectivity index (χ0v) is 19.6. The first-order valence-corrected chi connectivity index (χ1v) is 12.2. The maximum Gasteiger partial charge on any atom is 0.353 e. The number of likely N-dealkylation sites (tertiary alicyclic amines) is 1. The Hall–Kier alpha value is -2.31. The van der Waals surface area contributed by atoms with Crippen LogP contribution in [0.4, 0.5) is 0 Å². The van der Waals surface area contributed by atoms with Gasteiger partial charge in [-0.05, 0) is 25.7 Å². The normalized spacial score (nSPS) is 34.3. The highest BCUT2D eigenvalue weighted by atomic mass is 32.2. The van der Waals surface area contributed by atoms with E-state index >= 15 is 0 Å². The molecular formula is C21H32N6O5S. The largest absolute Gasteiger partial charge is 0.477 e. The van der Waals surface area contributed by atoms with Gasteiger partial charge in [0, 0.05) is 42.3 Å². The number of amides is 2. The summed E-state index contributed by atoms with van der Waals surface area (Å²) in [6.07, 6.45) is 0.613. The molecule has 4 aliphatic rings. The van der Waals surface area contributed by atoms with Crippen LogP contribution in [0.3, 0.4) is 0 Å². The summed E-state index contributed by atoms with van der Waals surface area (Å²) < 4.78 is 0. The summed E-state index contributed by atoms with van der Waals surface area (Å²) in [6.45, 7) is 5.91. The molecule has 182 valence electrons. The predicted molar refractivity (Wildman–Crippen MR) is 122 cm³/mol. The Labute approximate surface area is 196 Å². The zero-order valence-electron chi connectivity index (χ0n) is 18.8. The van der Waals surface area contributed by atoms with E-state index in [-0.39, 0.29) is 52.6 Å². The van der Waals surface area contributed by atoms with Crippen LogP contribution in [0.1, 0.15) is 26.7 Å². The number of β-lactam (4-membered cyclic amide) rings is 1. The molecule has 0 aromatic rings. The van der Waals surface area contributed by atoms with E-state index in [0.29, 0.717) is 37.5 Å². The number of aliphatic carboxylic acids is 1. The Balaban J connectivity index is 1.37. The number of aliphatic hydroxyl groups is 1. The number of thioether (sulfide) groups is 1. The fraction of sp³-hybridized carbons (Fsp3) is 0.714. The lowest BCUT2D eigenvalue weighted by Crippen LogP contribution is -2.63. The number of aliphatic hydroxyl groups excluding tert-OH is 1. The molecule has 7 N–H and O–H groups in total. The highest BCUT2D eigenvalue weighted by Crippen LogP contribution is 2.51. The maximum absolute atomic E-state index is 13.0. The van der Waals surface area contributed by atoms with Crippen LogP contribution < -0.4 is 16.4 Å². The average Bonchev–Trinajstić information content (AvgIpc) is 3.45. The number of carboxylic acid groups (broad SMARTS) is 1. The minimum Gasteiger partial charge on any atom is -0.477 e. The topological polar surface area (TPSA) is 172 Å². The van der Waals surface area contributed by atoms with E-state index in [2.05, 4.69) is 10.6 Å². The lowest BCUT2D eigenvalue weighted by molar-refractivity contribution is -0.163. The smallest absolute Gasteiger partial charge is 0.353 e. The third-order valence-corrected chi connectivity index (χ3v) is 8.68. The molecule has 3 fully saturated rings. The number of hydrogen-bond donors (Lipinski definition) is 6. The average molecular weight is 481 g/mol. The van der Waals surface area contributed by atoms with Crippen LogP contribution in [0.15, 0.2) is 10.6 Å². The van der Waals surface area contributed by atoms with Crippen LogP contribution in [-0.2, 0) is 14.4 Å². The second-order valence-electron chi connectivity index (χ2n) is 9.44. The van der Waals surface area contributed by atoms with Gasteiger partial charge in [0.2, 0.25) is 11.8 Å². The second-order valence-corrected chi connectivity index (χ2v) is 10.8. The number of nitrogens with one attached hydrogen (secondary N) is 3.